The van der Waals surface area contributed by atoms with Crippen LogP contribution in [-0.4, -0.2) is 56.9 Å². The van der Waals surface area contributed by atoms with Gasteiger partial charge in [-0.1, -0.05) is 59.3 Å². The number of halogens is 1. The second-order valence-corrected chi connectivity index (χ2v) is 6.96. The molecule has 0 spiro atoms. The Morgan fingerprint density at radius 3 is 2.41 bits per heavy atom. The molecule has 3 aromatic rings. The summed E-state index contributed by atoms with van der Waals surface area (Å²) in [5.41, 5.74) is 2.34. The van der Waals surface area contributed by atoms with Gasteiger partial charge in [-0.25, -0.2) is 4.68 Å². The second kappa shape index (κ2) is 7.90. The highest BCUT2D eigenvalue weighted by molar-refractivity contribution is 6.32. The van der Waals surface area contributed by atoms with Crippen LogP contribution in [0, 0.1) is 0 Å². The SMILES string of the molecule is O=C(c1cn(-c2ccccc2Cl)nn1)N1CCN(Cc2ccccc2)CC1. The summed E-state index contributed by atoms with van der Waals surface area (Å²) < 4.78 is 1.54. The number of amides is 1. The molecule has 1 saturated heterocycles. The van der Waals surface area contributed by atoms with Crippen molar-refractivity contribution in [2.24, 2.45) is 0 Å². The smallest absolute Gasteiger partial charge is 0.276 e. The van der Waals surface area contributed by atoms with E-state index in [0.717, 1.165) is 19.6 Å². The molecule has 138 valence electrons. The van der Waals surface area contributed by atoms with Crippen LogP contribution in [0.3, 0.4) is 0 Å². The zero-order chi connectivity index (χ0) is 18.6. The van der Waals surface area contributed by atoms with E-state index < -0.39 is 0 Å². The van der Waals surface area contributed by atoms with Gasteiger partial charge >= 0.3 is 0 Å². The first kappa shape index (κ1) is 17.7. The standard InChI is InChI=1S/C20H20ClN5O/c21-17-8-4-5-9-19(17)26-15-18(22-23-26)20(27)25-12-10-24(11-13-25)14-16-6-2-1-3-7-16/h1-9,15H,10-14H2. The average Bonchev–Trinajstić information content (AvgIpc) is 3.19. The van der Waals surface area contributed by atoms with Gasteiger partial charge in [0.15, 0.2) is 5.69 Å². The highest BCUT2D eigenvalue weighted by Crippen LogP contribution is 2.19. The van der Waals surface area contributed by atoms with Crippen LogP contribution in [0.4, 0.5) is 0 Å². The lowest BCUT2D eigenvalue weighted by atomic mass is 10.2. The third kappa shape index (κ3) is 4.02. The molecule has 0 saturated carbocycles. The molecule has 1 aliphatic rings. The monoisotopic (exact) mass is 381 g/mol. The summed E-state index contributed by atoms with van der Waals surface area (Å²) in [5, 5.41) is 8.67. The van der Waals surface area contributed by atoms with E-state index in [0.29, 0.717) is 29.5 Å². The van der Waals surface area contributed by atoms with E-state index in [1.807, 2.05) is 29.2 Å². The third-order valence-corrected chi connectivity index (χ3v) is 5.04. The summed E-state index contributed by atoms with van der Waals surface area (Å²) in [4.78, 5) is 16.9. The Kier molecular flexibility index (Phi) is 5.18. The maximum Gasteiger partial charge on any atom is 0.276 e. The maximum atomic E-state index is 12.8. The van der Waals surface area contributed by atoms with E-state index in [1.165, 1.54) is 5.56 Å². The number of piperazine rings is 1. The van der Waals surface area contributed by atoms with Crippen molar-refractivity contribution in [3.05, 3.63) is 77.1 Å². The number of rotatable bonds is 4. The molecule has 0 unspecified atom stereocenters. The predicted molar refractivity (Wildman–Crippen MR) is 104 cm³/mol. The molecule has 27 heavy (non-hydrogen) atoms. The Balaban J connectivity index is 1.38. The number of hydrogen-bond acceptors (Lipinski definition) is 4. The first-order valence-electron chi connectivity index (χ1n) is 8.93. The zero-order valence-electron chi connectivity index (χ0n) is 14.8. The maximum absolute atomic E-state index is 12.8. The molecule has 4 rings (SSSR count). The van der Waals surface area contributed by atoms with Gasteiger partial charge in [0.25, 0.3) is 5.91 Å². The van der Waals surface area contributed by atoms with Crippen LogP contribution in [0.2, 0.25) is 5.02 Å². The molecule has 6 nitrogen and oxygen atoms in total. The number of carbonyl (C=O) groups is 1. The highest BCUT2D eigenvalue weighted by atomic mass is 35.5. The first-order valence-corrected chi connectivity index (χ1v) is 9.31. The van der Waals surface area contributed by atoms with Crippen LogP contribution < -0.4 is 0 Å². The molecule has 0 aliphatic carbocycles. The summed E-state index contributed by atoms with van der Waals surface area (Å²) in [7, 11) is 0. The minimum Gasteiger partial charge on any atom is -0.335 e. The van der Waals surface area contributed by atoms with Gasteiger partial charge in [0.1, 0.15) is 0 Å². The van der Waals surface area contributed by atoms with Crippen molar-refractivity contribution in [3.8, 4) is 5.69 Å². The van der Waals surface area contributed by atoms with Crippen LogP contribution >= 0.6 is 11.6 Å². The molecule has 7 heteroatoms. The quantitative estimate of drug-likeness (QED) is 0.697. The van der Waals surface area contributed by atoms with Gasteiger partial charge in [0.2, 0.25) is 0 Å². The van der Waals surface area contributed by atoms with Crippen molar-refractivity contribution >= 4 is 17.5 Å². The van der Waals surface area contributed by atoms with Gasteiger partial charge in [0.05, 0.1) is 16.9 Å². The Morgan fingerprint density at radius 1 is 0.963 bits per heavy atom. The van der Waals surface area contributed by atoms with Crippen LogP contribution in [0.1, 0.15) is 16.1 Å². The third-order valence-electron chi connectivity index (χ3n) is 4.72. The van der Waals surface area contributed by atoms with Crippen molar-refractivity contribution in [1.29, 1.82) is 0 Å². The fourth-order valence-corrected chi connectivity index (χ4v) is 3.45. The number of carbonyl (C=O) groups excluding carboxylic acids is 1. The fourth-order valence-electron chi connectivity index (χ4n) is 3.23. The summed E-state index contributed by atoms with van der Waals surface area (Å²) in [6, 6.07) is 17.7. The van der Waals surface area contributed by atoms with E-state index in [1.54, 1.807) is 16.9 Å². The number of nitrogens with zero attached hydrogens (tertiary/aromatic N) is 5. The van der Waals surface area contributed by atoms with Gasteiger partial charge in [-0.15, -0.1) is 5.10 Å². The fraction of sp³-hybridized carbons (Fsp3) is 0.250. The molecule has 0 atom stereocenters. The molecule has 1 aliphatic heterocycles. The lowest BCUT2D eigenvalue weighted by molar-refractivity contribution is 0.0622. The van der Waals surface area contributed by atoms with Gasteiger partial charge < -0.3 is 4.90 Å². The topological polar surface area (TPSA) is 54.3 Å². The van der Waals surface area contributed by atoms with Crippen LogP contribution in [0.25, 0.3) is 5.69 Å². The first-order chi connectivity index (χ1) is 13.2. The molecule has 1 fully saturated rings. The van der Waals surface area contributed by atoms with Gasteiger partial charge in [0, 0.05) is 32.7 Å². The molecular formula is C20H20ClN5O. The molecule has 0 N–H and O–H groups in total. The van der Waals surface area contributed by atoms with E-state index in [2.05, 4.69) is 39.5 Å². The minimum absolute atomic E-state index is 0.0901. The Hall–Kier alpha value is -2.70. The van der Waals surface area contributed by atoms with Crippen molar-refractivity contribution in [2.45, 2.75) is 6.54 Å². The lowest BCUT2D eigenvalue weighted by Gasteiger charge is -2.34. The highest BCUT2D eigenvalue weighted by Gasteiger charge is 2.24. The predicted octanol–water partition coefficient (Wildman–Crippen LogP) is 2.88. The van der Waals surface area contributed by atoms with Crippen LogP contribution in [0.15, 0.2) is 60.8 Å². The number of para-hydroxylation sites is 1. The van der Waals surface area contributed by atoms with E-state index >= 15 is 0 Å². The normalized spacial score (nSPS) is 15.1. The van der Waals surface area contributed by atoms with Crippen LogP contribution in [0.5, 0.6) is 0 Å². The summed E-state index contributed by atoms with van der Waals surface area (Å²) >= 11 is 6.19. The van der Waals surface area contributed by atoms with E-state index in [-0.39, 0.29) is 5.91 Å². The van der Waals surface area contributed by atoms with Crippen LogP contribution in [-0.2, 0) is 6.54 Å². The van der Waals surface area contributed by atoms with Crippen molar-refractivity contribution in [2.75, 3.05) is 26.2 Å². The Bertz CT molecular complexity index is 919. The Morgan fingerprint density at radius 2 is 1.67 bits per heavy atom. The molecule has 1 amide bonds. The summed E-state index contributed by atoms with van der Waals surface area (Å²) in [6.45, 7) is 3.97. The molecule has 0 radical (unpaired) electrons. The molecular weight excluding hydrogens is 362 g/mol. The van der Waals surface area contributed by atoms with Crippen molar-refractivity contribution in [3.63, 3.8) is 0 Å². The van der Waals surface area contributed by atoms with E-state index in [4.69, 9.17) is 11.6 Å². The molecule has 2 heterocycles. The van der Waals surface area contributed by atoms with Gasteiger partial charge in [-0.2, -0.15) is 0 Å². The van der Waals surface area contributed by atoms with Gasteiger partial charge in [-0.05, 0) is 17.7 Å². The Labute approximate surface area is 163 Å². The van der Waals surface area contributed by atoms with Crippen molar-refractivity contribution in [1.82, 2.24) is 24.8 Å². The second-order valence-electron chi connectivity index (χ2n) is 6.55. The molecule has 1 aromatic heterocycles. The number of aromatic nitrogens is 3. The van der Waals surface area contributed by atoms with E-state index in [9.17, 15) is 4.79 Å². The summed E-state index contributed by atoms with van der Waals surface area (Å²) in [5.74, 6) is -0.0901. The zero-order valence-corrected chi connectivity index (χ0v) is 15.6. The molecule has 0 bridgehead atoms. The largest absolute Gasteiger partial charge is 0.335 e. The molecule has 2 aromatic carbocycles. The average molecular weight is 382 g/mol. The van der Waals surface area contributed by atoms with Gasteiger partial charge in [-0.3, -0.25) is 9.69 Å². The number of benzene rings is 2. The minimum atomic E-state index is -0.0901. The van der Waals surface area contributed by atoms with Crippen molar-refractivity contribution < 1.29 is 4.79 Å². The summed E-state index contributed by atoms with van der Waals surface area (Å²) in [6.07, 6.45) is 1.64. The number of hydrogen-bond donors (Lipinski definition) is 0. The lowest BCUT2D eigenvalue weighted by Crippen LogP contribution is -2.48.